The molecule has 1 rings (SSSR count). The average molecular weight is 183 g/mol. The van der Waals surface area contributed by atoms with Gasteiger partial charge in [-0.15, -0.1) is 0 Å². The van der Waals surface area contributed by atoms with Gasteiger partial charge in [0.2, 0.25) is 5.91 Å². The highest BCUT2D eigenvalue weighted by Crippen LogP contribution is 2.29. The van der Waals surface area contributed by atoms with E-state index in [9.17, 15) is 9.59 Å². The third-order valence-electron chi connectivity index (χ3n) is 2.69. The van der Waals surface area contributed by atoms with Crippen molar-refractivity contribution >= 4 is 11.7 Å². The molecular formula is C10H17NO2. The minimum atomic E-state index is -0.326. The Kier molecular flexibility index (Phi) is 3.46. The summed E-state index contributed by atoms with van der Waals surface area (Å²) in [5.74, 6) is 0.605. The van der Waals surface area contributed by atoms with Crippen LogP contribution in [-0.2, 0) is 9.59 Å². The van der Waals surface area contributed by atoms with Crippen molar-refractivity contribution in [3.63, 3.8) is 0 Å². The molecule has 1 aliphatic rings. The molecule has 0 aliphatic heterocycles. The fourth-order valence-corrected chi connectivity index (χ4v) is 1.36. The predicted molar refractivity (Wildman–Crippen MR) is 50.2 cm³/mol. The van der Waals surface area contributed by atoms with Crippen molar-refractivity contribution in [1.82, 2.24) is 5.32 Å². The Morgan fingerprint density at radius 3 is 2.46 bits per heavy atom. The van der Waals surface area contributed by atoms with Crippen molar-refractivity contribution in [2.24, 2.45) is 5.92 Å². The van der Waals surface area contributed by atoms with Gasteiger partial charge in [-0.25, -0.2) is 0 Å². The van der Waals surface area contributed by atoms with Crippen molar-refractivity contribution in [3.05, 3.63) is 0 Å². The van der Waals surface area contributed by atoms with Gasteiger partial charge in [-0.3, -0.25) is 9.59 Å². The molecule has 1 amide bonds. The first-order chi connectivity index (χ1) is 6.09. The zero-order valence-corrected chi connectivity index (χ0v) is 8.30. The van der Waals surface area contributed by atoms with E-state index in [4.69, 9.17) is 0 Å². The Hall–Kier alpha value is -0.860. The van der Waals surface area contributed by atoms with E-state index in [0.717, 1.165) is 0 Å². The van der Waals surface area contributed by atoms with E-state index in [1.807, 2.05) is 0 Å². The first-order valence-corrected chi connectivity index (χ1v) is 4.89. The van der Waals surface area contributed by atoms with Crippen LogP contribution in [0, 0.1) is 5.92 Å². The molecule has 74 valence electrons. The molecule has 1 unspecified atom stereocenters. The van der Waals surface area contributed by atoms with E-state index < -0.39 is 0 Å². The summed E-state index contributed by atoms with van der Waals surface area (Å²) < 4.78 is 0. The molecule has 0 spiro atoms. The van der Waals surface area contributed by atoms with E-state index in [1.54, 1.807) is 6.92 Å². The second-order valence-corrected chi connectivity index (χ2v) is 3.90. The standard InChI is InChI=1S/C10H17NO2/c1-7(8(2)12)11-10(13)6-9-4-3-5-9/h7,9H,3-6H2,1-2H3,(H,11,13). The minimum absolute atomic E-state index is 0.0157. The highest BCUT2D eigenvalue weighted by atomic mass is 16.2. The van der Waals surface area contributed by atoms with Gasteiger partial charge in [-0.1, -0.05) is 6.42 Å². The molecule has 0 aromatic heterocycles. The van der Waals surface area contributed by atoms with Crippen LogP contribution < -0.4 is 5.32 Å². The minimum Gasteiger partial charge on any atom is -0.347 e. The number of nitrogens with one attached hydrogen (secondary N) is 1. The van der Waals surface area contributed by atoms with Crippen LogP contribution in [0.25, 0.3) is 0 Å². The normalized spacial score (nSPS) is 18.9. The van der Waals surface area contributed by atoms with Gasteiger partial charge in [0.05, 0.1) is 6.04 Å². The lowest BCUT2D eigenvalue weighted by molar-refractivity contribution is -0.127. The van der Waals surface area contributed by atoms with Crippen molar-refractivity contribution in [2.45, 2.75) is 45.6 Å². The van der Waals surface area contributed by atoms with Crippen molar-refractivity contribution in [2.75, 3.05) is 0 Å². The molecule has 1 atom stereocenters. The lowest BCUT2D eigenvalue weighted by Gasteiger charge is -2.25. The Labute approximate surface area is 78.9 Å². The molecule has 0 aromatic carbocycles. The molecular weight excluding hydrogens is 166 g/mol. The molecule has 1 N–H and O–H groups in total. The van der Waals surface area contributed by atoms with E-state index >= 15 is 0 Å². The van der Waals surface area contributed by atoms with Crippen LogP contribution in [0.5, 0.6) is 0 Å². The Balaban J connectivity index is 2.19. The lowest BCUT2D eigenvalue weighted by atomic mass is 9.83. The molecule has 13 heavy (non-hydrogen) atoms. The van der Waals surface area contributed by atoms with Crippen LogP contribution in [0.15, 0.2) is 0 Å². The first kappa shape index (κ1) is 10.2. The fourth-order valence-electron chi connectivity index (χ4n) is 1.36. The van der Waals surface area contributed by atoms with E-state index in [0.29, 0.717) is 12.3 Å². The SMILES string of the molecule is CC(=O)C(C)NC(=O)CC1CCC1. The number of ketones is 1. The molecule has 0 aromatic rings. The van der Waals surface area contributed by atoms with Gasteiger partial charge in [0, 0.05) is 6.42 Å². The number of rotatable bonds is 4. The molecule has 1 aliphatic carbocycles. The summed E-state index contributed by atoms with van der Waals surface area (Å²) in [6.07, 6.45) is 4.18. The van der Waals surface area contributed by atoms with Gasteiger partial charge in [-0.2, -0.15) is 0 Å². The van der Waals surface area contributed by atoms with E-state index in [2.05, 4.69) is 5.32 Å². The van der Waals surface area contributed by atoms with Crippen LogP contribution in [0.3, 0.4) is 0 Å². The Morgan fingerprint density at radius 1 is 1.46 bits per heavy atom. The summed E-state index contributed by atoms with van der Waals surface area (Å²) in [6.45, 7) is 3.22. The lowest BCUT2D eigenvalue weighted by Crippen LogP contribution is -2.38. The van der Waals surface area contributed by atoms with Crippen LogP contribution in [-0.4, -0.2) is 17.7 Å². The summed E-state index contributed by atoms with van der Waals surface area (Å²) in [5.41, 5.74) is 0. The zero-order valence-electron chi connectivity index (χ0n) is 8.30. The van der Waals surface area contributed by atoms with E-state index in [-0.39, 0.29) is 17.7 Å². The number of hydrogen-bond acceptors (Lipinski definition) is 2. The second kappa shape index (κ2) is 4.40. The van der Waals surface area contributed by atoms with Gasteiger partial charge >= 0.3 is 0 Å². The summed E-state index contributed by atoms with van der Waals surface area (Å²) >= 11 is 0. The molecule has 3 nitrogen and oxygen atoms in total. The van der Waals surface area contributed by atoms with Crippen molar-refractivity contribution < 1.29 is 9.59 Å². The largest absolute Gasteiger partial charge is 0.347 e. The van der Waals surface area contributed by atoms with Gasteiger partial charge < -0.3 is 5.32 Å². The Morgan fingerprint density at radius 2 is 2.08 bits per heavy atom. The molecule has 1 fully saturated rings. The highest BCUT2D eigenvalue weighted by Gasteiger charge is 2.21. The maximum absolute atomic E-state index is 11.3. The van der Waals surface area contributed by atoms with Crippen LogP contribution >= 0.6 is 0 Å². The van der Waals surface area contributed by atoms with Gasteiger partial charge in [0.1, 0.15) is 0 Å². The number of Topliss-reactive ketones (excluding diaryl/α,β-unsaturated/α-hetero) is 1. The molecule has 1 saturated carbocycles. The molecule has 0 saturated heterocycles. The summed E-state index contributed by atoms with van der Waals surface area (Å²) in [5, 5.41) is 2.69. The smallest absolute Gasteiger partial charge is 0.220 e. The van der Waals surface area contributed by atoms with Crippen LogP contribution in [0.4, 0.5) is 0 Å². The molecule has 0 radical (unpaired) electrons. The van der Waals surface area contributed by atoms with Gasteiger partial charge in [-0.05, 0) is 32.6 Å². The van der Waals surface area contributed by atoms with Crippen LogP contribution in [0.2, 0.25) is 0 Å². The van der Waals surface area contributed by atoms with Crippen LogP contribution in [0.1, 0.15) is 39.5 Å². The van der Waals surface area contributed by atoms with E-state index in [1.165, 1.54) is 26.2 Å². The second-order valence-electron chi connectivity index (χ2n) is 3.90. The summed E-state index contributed by atoms with van der Waals surface area (Å²) in [7, 11) is 0. The van der Waals surface area contributed by atoms with Crippen molar-refractivity contribution in [1.29, 1.82) is 0 Å². The topological polar surface area (TPSA) is 46.2 Å². The number of amides is 1. The number of carbonyl (C=O) groups excluding carboxylic acids is 2. The fraction of sp³-hybridized carbons (Fsp3) is 0.800. The van der Waals surface area contributed by atoms with Gasteiger partial charge in [0.25, 0.3) is 0 Å². The summed E-state index contributed by atoms with van der Waals surface area (Å²) in [4.78, 5) is 22.1. The number of carbonyl (C=O) groups is 2. The summed E-state index contributed by atoms with van der Waals surface area (Å²) in [6, 6.07) is -0.326. The predicted octanol–water partition coefficient (Wildman–Crippen LogP) is 1.27. The number of hydrogen-bond donors (Lipinski definition) is 1. The highest BCUT2D eigenvalue weighted by molar-refractivity contribution is 5.87. The Bertz CT molecular complexity index is 209. The third kappa shape index (κ3) is 3.17. The zero-order chi connectivity index (χ0) is 9.84. The maximum Gasteiger partial charge on any atom is 0.220 e. The first-order valence-electron chi connectivity index (χ1n) is 4.89. The molecule has 0 bridgehead atoms. The third-order valence-corrected chi connectivity index (χ3v) is 2.69. The average Bonchev–Trinajstić information content (AvgIpc) is 1.96. The van der Waals surface area contributed by atoms with Gasteiger partial charge in [0.15, 0.2) is 5.78 Å². The molecule has 0 heterocycles. The monoisotopic (exact) mass is 183 g/mol. The quantitative estimate of drug-likeness (QED) is 0.713. The maximum atomic E-state index is 11.3. The van der Waals surface area contributed by atoms with Crippen molar-refractivity contribution in [3.8, 4) is 0 Å². The molecule has 3 heteroatoms.